The standard InChI is InChI=1S/C16H33NO/c1-5-15(3)13-11-9-7-8-10-12-14-17(6-2)16(4)18/h15H,5-14H2,1-4H3. The molecule has 1 unspecified atom stereocenters. The number of unbranched alkanes of at least 4 members (excludes halogenated alkanes) is 5. The molecule has 0 radical (unpaired) electrons. The predicted octanol–water partition coefficient (Wildman–Crippen LogP) is 4.63. The molecule has 0 heterocycles. The van der Waals surface area contributed by atoms with Gasteiger partial charge in [-0.3, -0.25) is 4.79 Å². The van der Waals surface area contributed by atoms with Crippen LogP contribution in [0.4, 0.5) is 0 Å². The van der Waals surface area contributed by atoms with Crippen molar-refractivity contribution in [2.45, 2.75) is 79.1 Å². The second kappa shape index (κ2) is 11.6. The van der Waals surface area contributed by atoms with Crippen molar-refractivity contribution in [1.82, 2.24) is 4.90 Å². The fourth-order valence-electron chi connectivity index (χ4n) is 2.24. The quantitative estimate of drug-likeness (QED) is 0.493. The minimum atomic E-state index is 0.214. The summed E-state index contributed by atoms with van der Waals surface area (Å²) in [4.78, 5) is 13.1. The van der Waals surface area contributed by atoms with Gasteiger partial charge >= 0.3 is 0 Å². The van der Waals surface area contributed by atoms with Gasteiger partial charge in [0.2, 0.25) is 5.91 Å². The van der Waals surface area contributed by atoms with Gasteiger partial charge in [-0.1, -0.05) is 58.8 Å². The second-order valence-corrected chi connectivity index (χ2v) is 5.52. The average molecular weight is 255 g/mol. The lowest BCUT2D eigenvalue weighted by Crippen LogP contribution is -2.29. The molecular weight excluding hydrogens is 222 g/mol. The molecule has 0 aromatic rings. The van der Waals surface area contributed by atoms with Crippen LogP contribution < -0.4 is 0 Å². The molecule has 1 atom stereocenters. The zero-order valence-electron chi connectivity index (χ0n) is 13.0. The van der Waals surface area contributed by atoms with E-state index in [1.165, 1.54) is 51.4 Å². The molecule has 0 aliphatic heterocycles. The van der Waals surface area contributed by atoms with Gasteiger partial charge in [0.15, 0.2) is 0 Å². The van der Waals surface area contributed by atoms with Crippen LogP contribution in [0.2, 0.25) is 0 Å². The summed E-state index contributed by atoms with van der Waals surface area (Å²) >= 11 is 0. The van der Waals surface area contributed by atoms with Crippen molar-refractivity contribution in [1.29, 1.82) is 0 Å². The SMILES string of the molecule is CCC(C)CCCCCCCCN(CC)C(C)=O. The number of amides is 1. The van der Waals surface area contributed by atoms with Crippen LogP contribution in [0.5, 0.6) is 0 Å². The minimum Gasteiger partial charge on any atom is -0.343 e. The van der Waals surface area contributed by atoms with Crippen LogP contribution in [0, 0.1) is 5.92 Å². The summed E-state index contributed by atoms with van der Waals surface area (Å²) in [5.41, 5.74) is 0. The first-order chi connectivity index (χ1) is 8.61. The Balaban J connectivity index is 3.28. The van der Waals surface area contributed by atoms with E-state index < -0.39 is 0 Å². The molecule has 0 rings (SSSR count). The summed E-state index contributed by atoms with van der Waals surface area (Å²) in [5.74, 6) is 1.12. The average Bonchev–Trinajstić information content (AvgIpc) is 2.36. The zero-order valence-corrected chi connectivity index (χ0v) is 13.0. The molecule has 0 bridgehead atoms. The molecule has 18 heavy (non-hydrogen) atoms. The summed E-state index contributed by atoms with van der Waals surface area (Å²) < 4.78 is 0. The lowest BCUT2D eigenvalue weighted by atomic mass is 10.00. The van der Waals surface area contributed by atoms with E-state index in [2.05, 4.69) is 20.8 Å². The molecule has 108 valence electrons. The van der Waals surface area contributed by atoms with Crippen molar-refractivity contribution < 1.29 is 4.79 Å². The molecule has 0 N–H and O–H groups in total. The van der Waals surface area contributed by atoms with Crippen LogP contribution in [0.3, 0.4) is 0 Å². The maximum Gasteiger partial charge on any atom is 0.219 e. The third-order valence-corrected chi connectivity index (χ3v) is 3.90. The van der Waals surface area contributed by atoms with Gasteiger partial charge < -0.3 is 4.90 Å². The van der Waals surface area contributed by atoms with E-state index in [9.17, 15) is 4.79 Å². The summed E-state index contributed by atoms with van der Waals surface area (Å²) in [7, 11) is 0. The third-order valence-electron chi connectivity index (χ3n) is 3.90. The first-order valence-corrected chi connectivity index (χ1v) is 7.87. The van der Waals surface area contributed by atoms with Gasteiger partial charge in [-0.2, -0.15) is 0 Å². The van der Waals surface area contributed by atoms with E-state index in [1.807, 2.05) is 4.90 Å². The molecule has 0 aliphatic carbocycles. The largest absolute Gasteiger partial charge is 0.343 e. The summed E-state index contributed by atoms with van der Waals surface area (Å²) in [6.45, 7) is 10.1. The van der Waals surface area contributed by atoms with Crippen molar-refractivity contribution >= 4 is 5.91 Å². The first kappa shape index (κ1) is 17.5. The Kier molecular flexibility index (Phi) is 11.2. The smallest absolute Gasteiger partial charge is 0.219 e. The predicted molar refractivity (Wildman–Crippen MR) is 79.7 cm³/mol. The van der Waals surface area contributed by atoms with Crippen molar-refractivity contribution in [2.24, 2.45) is 5.92 Å². The van der Waals surface area contributed by atoms with Gasteiger partial charge in [-0.25, -0.2) is 0 Å². The molecule has 0 fully saturated rings. The highest BCUT2D eigenvalue weighted by Crippen LogP contribution is 2.14. The second-order valence-electron chi connectivity index (χ2n) is 5.52. The molecule has 1 amide bonds. The van der Waals surface area contributed by atoms with Gasteiger partial charge in [0.05, 0.1) is 0 Å². The number of hydrogen-bond acceptors (Lipinski definition) is 1. The molecule has 0 aliphatic rings. The Morgan fingerprint density at radius 2 is 1.56 bits per heavy atom. The number of rotatable bonds is 11. The number of hydrogen-bond donors (Lipinski definition) is 0. The Labute approximate surface area is 114 Å². The zero-order chi connectivity index (χ0) is 13.8. The van der Waals surface area contributed by atoms with Crippen LogP contribution in [-0.2, 0) is 4.79 Å². The van der Waals surface area contributed by atoms with E-state index >= 15 is 0 Å². The van der Waals surface area contributed by atoms with Crippen LogP contribution in [-0.4, -0.2) is 23.9 Å². The highest BCUT2D eigenvalue weighted by molar-refractivity contribution is 5.73. The number of nitrogens with zero attached hydrogens (tertiary/aromatic N) is 1. The van der Waals surface area contributed by atoms with E-state index in [1.54, 1.807) is 6.92 Å². The van der Waals surface area contributed by atoms with Crippen LogP contribution in [0.1, 0.15) is 79.1 Å². The lowest BCUT2D eigenvalue weighted by molar-refractivity contribution is -0.128. The fourth-order valence-corrected chi connectivity index (χ4v) is 2.24. The number of carbonyl (C=O) groups is 1. The normalized spacial score (nSPS) is 12.4. The van der Waals surface area contributed by atoms with Crippen LogP contribution in [0.25, 0.3) is 0 Å². The van der Waals surface area contributed by atoms with E-state index in [0.717, 1.165) is 19.0 Å². The minimum absolute atomic E-state index is 0.214. The lowest BCUT2D eigenvalue weighted by Gasteiger charge is -2.18. The molecule has 2 heteroatoms. The Morgan fingerprint density at radius 3 is 2.06 bits per heavy atom. The molecule has 0 saturated carbocycles. The highest BCUT2D eigenvalue weighted by Gasteiger charge is 2.04. The molecule has 0 aromatic carbocycles. The van der Waals surface area contributed by atoms with Crippen molar-refractivity contribution in [3.63, 3.8) is 0 Å². The first-order valence-electron chi connectivity index (χ1n) is 7.87. The maximum atomic E-state index is 11.2. The van der Waals surface area contributed by atoms with E-state index in [-0.39, 0.29) is 5.91 Å². The molecule has 2 nitrogen and oxygen atoms in total. The van der Waals surface area contributed by atoms with E-state index in [4.69, 9.17) is 0 Å². The topological polar surface area (TPSA) is 20.3 Å². The Bertz CT molecular complexity index is 203. The van der Waals surface area contributed by atoms with Crippen molar-refractivity contribution in [2.75, 3.05) is 13.1 Å². The Hall–Kier alpha value is -0.530. The maximum absolute atomic E-state index is 11.2. The molecule has 0 aromatic heterocycles. The third kappa shape index (κ3) is 9.49. The van der Waals surface area contributed by atoms with Crippen molar-refractivity contribution in [3.05, 3.63) is 0 Å². The monoisotopic (exact) mass is 255 g/mol. The summed E-state index contributed by atoms with van der Waals surface area (Å²) in [6.07, 6.45) is 10.6. The summed E-state index contributed by atoms with van der Waals surface area (Å²) in [6, 6.07) is 0. The number of carbonyl (C=O) groups excluding carboxylic acids is 1. The van der Waals surface area contributed by atoms with Gasteiger partial charge in [0.25, 0.3) is 0 Å². The Morgan fingerprint density at radius 1 is 1.00 bits per heavy atom. The van der Waals surface area contributed by atoms with Crippen LogP contribution >= 0.6 is 0 Å². The van der Waals surface area contributed by atoms with Gasteiger partial charge in [0, 0.05) is 20.0 Å². The molecule has 0 saturated heterocycles. The van der Waals surface area contributed by atoms with Gasteiger partial charge in [0.1, 0.15) is 0 Å². The fraction of sp³-hybridized carbons (Fsp3) is 0.938. The van der Waals surface area contributed by atoms with Gasteiger partial charge in [-0.15, -0.1) is 0 Å². The molecular formula is C16H33NO. The highest BCUT2D eigenvalue weighted by atomic mass is 16.2. The van der Waals surface area contributed by atoms with Gasteiger partial charge in [-0.05, 0) is 19.3 Å². The van der Waals surface area contributed by atoms with E-state index in [0.29, 0.717) is 0 Å². The van der Waals surface area contributed by atoms with Crippen molar-refractivity contribution in [3.8, 4) is 0 Å². The summed E-state index contributed by atoms with van der Waals surface area (Å²) in [5, 5.41) is 0. The molecule has 0 spiro atoms. The van der Waals surface area contributed by atoms with Crippen LogP contribution in [0.15, 0.2) is 0 Å².